The molecule has 20 heavy (non-hydrogen) atoms. The third-order valence-electron chi connectivity index (χ3n) is 4.29. The van der Waals surface area contributed by atoms with Crippen molar-refractivity contribution in [2.75, 3.05) is 11.9 Å². The minimum Gasteiger partial charge on any atom is -0.462 e. The molecule has 0 aliphatic heterocycles. The molecule has 2 atom stereocenters. The Bertz CT molecular complexity index is 448. The van der Waals surface area contributed by atoms with Crippen molar-refractivity contribution in [3.8, 4) is 0 Å². The molecule has 3 nitrogen and oxygen atoms in total. The van der Waals surface area contributed by atoms with Crippen molar-refractivity contribution in [2.24, 2.45) is 11.8 Å². The number of carbonyl (C=O) groups is 1. The van der Waals surface area contributed by atoms with Crippen molar-refractivity contribution in [3.05, 3.63) is 29.8 Å². The highest BCUT2D eigenvalue weighted by Gasteiger charge is 2.28. The van der Waals surface area contributed by atoms with Gasteiger partial charge in [-0.05, 0) is 43.7 Å². The predicted octanol–water partition coefficient (Wildman–Crippen LogP) is 4.10. The van der Waals surface area contributed by atoms with Gasteiger partial charge in [-0.2, -0.15) is 0 Å². The van der Waals surface area contributed by atoms with Crippen LogP contribution in [-0.4, -0.2) is 18.6 Å². The van der Waals surface area contributed by atoms with Crippen molar-refractivity contribution in [2.45, 2.75) is 46.1 Å². The first-order valence-corrected chi connectivity index (χ1v) is 7.66. The van der Waals surface area contributed by atoms with Crippen molar-refractivity contribution in [1.82, 2.24) is 0 Å². The molecule has 3 heteroatoms. The van der Waals surface area contributed by atoms with Crippen LogP contribution in [0.15, 0.2) is 24.3 Å². The van der Waals surface area contributed by atoms with Crippen LogP contribution in [0, 0.1) is 11.8 Å². The maximum atomic E-state index is 12.0. The van der Waals surface area contributed by atoms with Crippen LogP contribution in [0.25, 0.3) is 0 Å². The lowest BCUT2D eigenvalue weighted by molar-refractivity contribution is 0.0527. The van der Waals surface area contributed by atoms with Gasteiger partial charge in [0.1, 0.15) is 0 Å². The van der Waals surface area contributed by atoms with Gasteiger partial charge in [0.15, 0.2) is 0 Å². The average Bonchev–Trinajstić information content (AvgIpc) is 2.44. The fraction of sp³-hybridized carbons (Fsp3) is 0.588. The fourth-order valence-electron chi connectivity index (χ4n) is 3.14. The largest absolute Gasteiger partial charge is 0.462 e. The zero-order valence-electron chi connectivity index (χ0n) is 12.7. The summed E-state index contributed by atoms with van der Waals surface area (Å²) in [5, 5.41) is 3.59. The molecule has 1 aliphatic carbocycles. The summed E-state index contributed by atoms with van der Waals surface area (Å²) < 4.78 is 5.13. The van der Waals surface area contributed by atoms with E-state index in [1.807, 2.05) is 31.2 Å². The summed E-state index contributed by atoms with van der Waals surface area (Å²) in [6.45, 7) is 6.82. The molecule has 0 spiro atoms. The number of benzene rings is 1. The van der Waals surface area contributed by atoms with E-state index in [0.29, 0.717) is 30.0 Å². The molecule has 0 amide bonds. The van der Waals surface area contributed by atoms with Gasteiger partial charge in [-0.1, -0.05) is 32.4 Å². The summed E-state index contributed by atoms with van der Waals surface area (Å²) in [6, 6.07) is 8.08. The van der Waals surface area contributed by atoms with E-state index in [1.165, 1.54) is 19.3 Å². The first-order valence-electron chi connectivity index (χ1n) is 7.66. The van der Waals surface area contributed by atoms with E-state index >= 15 is 0 Å². The molecular weight excluding hydrogens is 250 g/mol. The third-order valence-corrected chi connectivity index (χ3v) is 4.29. The van der Waals surface area contributed by atoms with Crippen LogP contribution in [0.4, 0.5) is 5.69 Å². The van der Waals surface area contributed by atoms with Gasteiger partial charge in [0, 0.05) is 11.7 Å². The molecule has 0 radical (unpaired) electrons. The number of anilines is 1. The summed E-state index contributed by atoms with van der Waals surface area (Å²) in [4.78, 5) is 12.0. The smallest absolute Gasteiger partial charge is 0.340 e. The Kier molecular flexibility index (Phi) is 5.05. The van der Waals surface area contributed by atoms with Crippen LogP contribution in [-0.2, 0) is 4.74 Å². The minimum absolute atomic E-state index is 0.244. The molecule has 0 bridgehead atoms. The van der Waals surface area contributed by atoms with Gasteiger partial charge in [-0.15, -0.1) is 0 Å². The van der Waals surface area contributed by atoms with E-state index in [9.17, 15) is 4.79 Å². The van der Waals surface area contributed by atoms with Crippen LogP contribution in [0.2, 0.25) is 0 Å². The number of rotatable bonds is 4. The summed E-state index contributed by atoms with van der Waals surface area (Å²) in [6.07, 6.45) is 3.81. The minimum atomic E-state index is -0.244. The van der Waals surface area contributed by atoms with Gasteiger partial charge in [0.2, 0.25) is 0 Å². The van der Waals surface area contributed by atoms with Crippen molar-refractivity contribution < 1.29 is 9.53 Å². The number of carbonyl (C=O) groups excluding carboxylic acids is 1. The van der Waals surface area contributed by atoms with Crippen LogP contribution in [0.5, 0.6) is 0 Å². The maximum absolute atomic E-state index is 12.0. The number of esters is 1. The van der Waals surface area contributed by atoms with Gasteiger partial charge in [-0.25, -0.2) is 4.79 Å². The highest BCUT2D eigenvalue weighted by molar-refractivity contribution is 5.95. The second kappa shape index (κ2) is 6.78. The monoisotopic (exact) mass is 275 g/mol. The number of ether oxygens (including phenoxy) is 1. The second-order valence-corrected chi connectivity index (χ2v) is 5.82. The molecule has 0 saturated heterocycles. The lowest BCUT2D eigenvalue weighted by Gasteiger charge is -2.36. The highest BCUT2D eigenvalue weighted by atomic mass is 16.5. The Morgan fingerprint density at radius 2 is 1.90 bits per heavy atom. The Hall–Kier alpha value is -1.51. The SMILES string of the molecule is CCOC(=O)c1ccccc1NC1C(C)CCCC1C. The van der Waals surface area contributed by atoms with E-state index < -0.39 is 0 Å². The Labute approximate surface area is 121 Å². The van der Waals surface area contributed by atoms with E-state index in [-0.39, 0.29) is 5.97 Å². The first-order chi connectivity index (χ1) is 9.63. The van der Waals surface area contributed by atoms with Gasteiger partial charge in [0.25, 0.3) is 0 Å². The lowest BCUT2D eigenvalue weighted by atomic mass is 9.78. The summed E-state index contributed by atoms with van der Waals surface area (Å²) in [7, 11) is 0. The molecular formula is C17H25NO2. The normalized spacial score (nSPS) is 26.1. The van der Waals surface area contributed by atoms with Gasteiger partial charge >= 0.3 is 5.97 Å². The van der Waals surface area contributed by atoms with Gasteiger partial charge in [0.05, 0.1) is 12.2 Å². The summed E-state index contributed by atoms with van der Waals surface area (Å²) >= 11 is 0. The molecule has 1 fully saturated rings. The fourth-order valence-corrected chi connectivity index (χ4v) is 3.14. The lowest BCUT2D eigenvalue weighted by Crippen LogP contribution is -2.37. The van der Waals surface area contributed by atoms with Gasteiger partial charge in [-0.3, -0.25) is 0 Å². The average molecular weight is 275 g/mol. The molecule has 1 aromatic rings. The summed E-state index contributed by atoms with van der Waals surface area (Å²) in [5.74, 6) is 1.02. The quantitative estimate of drug-likeness (QED) is 0.841. The van der Waals surface area contributed by atoms with Gasteiger partial charge < -0.3 is 10.1 Å². The number of nitrogens with one attached hydrogen (secondary N) is 1. The van der Waals surface area contributed by atoms with Crippen LogP contribution < -0.4 is 5.32 Å². The highest BCUT2D eigenvalue weighted by Crippen LogP contribution is 2.32. The number of hydrogen-bond donors (Lipinski definition) is 1. The molecule has 2 unspecified atom stereocenters. The molecule has 0 heterocycles. The third kappa shape index (κ3) is 3.33. The molecule has 1 aliphatic rings. The maximum Gasteiger partial charge on any atom is 0.340 e. The molecule has 1 N–H and O–H groups in total. The molecule has 110 valence electrons. The zero-order valence-corrected chi connectivity index (χ0v) is 12.7. The van der Waals surface area contributed by atoms with E-state index in [1.54, 1.807) is 0 Å². The molecule has 2 rings (SSSR count). The standard InChI is InChI=1S/C17H25NO2/c1-4-20-17(19)14-10-5-6-11-15(14)18-16-12(2)8-7-9-13(16)3/h5-6,10-13,16,18H,4,7-9H2,1-3H3. The Balaban J connectivity index is 2.18. The van der Waals surface area contributed by atoms with Crippen molar-refractivity contribution >= 4 is 11.7 Å². The van der Waals surface area contributed by atoms with E-state index in [0.717, 1.165) is 5.69 Å². The summed E-state index contributed by atoms with van der Waals surface area (Å²) in [5.41, 5.74) is 1.54. The van der Waals surface area contributed by atoms with E-state index in [4.69, 9.17) is 4.74 Å². The van der Waals surface area contributed by atoms with Crippen LogP contribution >= 0.6 is 0 Å². The predicted molar refractivity (Wildman–Crippen MR) is 82.0 cm³/mol. The topological polar surface area (TPSA) is 38.3 Å². The van der Waals surface area contributed by atoms with Crippen LogP contribution in [0.3, 0.4) is 0 Å². The molecule has 1 saturated carbocycles. The van der Waals surface area contributed by atoms with Crippen molar-refractivity contribution in [3.63, 3.8) is 0 Å². The Morgan fingerprint density at radius 3 is 2.55 bits per heavy atom. The first kappa shape index (κ1) is 14.9. The van der Waals surface area contributed by atoms with Crippen molar-refractivity contribution in [1.29, 1.82) is 0 Å². The van der Waals surface area contributed by atoms with Crippen LogP contribution in [0.1, 0.15) is 50.4 Å². The number of hydrogen-bond acceptors (Lipinski definition) is 3. The second-order valence-electron chi connectivity index (χ2n) is 5.82. The zero-order chi connectivity index (χ0) is 14.5. The Morgan fingerprint density at radius 1 is 1.25 bits per heavy atom. The number of para-hydroxylation sites is 1. The molecule has 1 aromatic carbocycles. The van der Waals surface area contributed by atoms with E-state index in [2.05, 4.69) is 19.2 Å². The molecule has 0 aromatic heterocycles.